The molecule has 0 radical (unpaired) electrons. The molecule has 6 rings (SSSR count). The summed E-state index contributed by atoms with van der Waals surface area (Å²) in [7, 11) is -3.46. The minimum Gasteiger partial charge on any atom is -0.340 e. The maximum Gasteiger partial charge on any atom is 0.247 e. The lowest BCUT2D eigenvalue weighted by Crippen LogP contribution is -2.46. The highest BCUT2D eigenvalue weighted by atomic mass is 35.5. The second kappa shape index (κ2) is 10.2. The fraction of sp³-hybridized carbons (Fsp3) is 0.179. The normalized spacial score (nSPS) is 18.2. The minimum absolute atomic E-state index is 0.124. The summed E-state index contributed by atoms with van der Waals surface area (Å²) in [6.07, 6.45) is 5.23. The summed E-state index contributed by atoms with van der Waals surface area (Å²) in [6.45, 7) is -0.346. The third kappa shape index (κ3) is 5.23. The number of hydrogen-bond acceptors (Lipinski definition) is 7. The van der Waals surface area contributed by atoms with Gasteiger partial charge in [-0.1, -0.05) is 41.9 Å². The first-order valence-corrected chi connectivity index (χ1v) is 14.8. The van der Waals surface area contributed by atoms with Gasteiger partial charge in [-0.05, 0) is 58.5 Å². The second-order valence-electron chi connectivity index (χ2n) is 9.86. The van der Waals surface area contributed by atoms with Crippen molar-refractivity contribution in [2.75, 3.05) is 12.8 Å². The molecule has 2 atom stereocenters. The topological polar surface area (TPSA) is 127 Å². The van der Waals surface area contributed by atoms with E-state index in [1.807, 2.05) is 30.3 Å². The van der Waals surface area contributed by atoms with Crippen LogP contribution in [0, 0.1) is 0 Å². The van der Waals surface area contributed by atoms with Crippen molar-refractivity contribution in [1.82, 2.24) is 35.1 Å². The predicted molar refractivity (Wildman–Crippen MR) is 150 cm³/mol. The van der Waals surface area contributed by atoms with Crippen LogP contribution in [0.25, 0.3) is 16.7 Å². The van der Waals surface area contributed by atoms with Crippen LogP contribution in [0.1, 0.15) is 23.0 Å². The fourth-order valence-electron chi connectivity index (χ4n) is 5.01. The maximum absolute atomic E-state index is 17.0. The van der Waals surface area contributed by atoms with E-state index in [-0.39, 0.29) is 17.0 Å². The zero-order valence-electron chi connectivity index (χ0n) is 21.6. The number of benzene rings is 3. The van der Waals surface area contributed by atoms with Crippen LogP contribution in [0.2, 0.25) is 5.02 Å². The molecule has 1 aliphatic rings. The smallest absolute Gasteiger partial charge is 0.247 e. The van der Waals surface area contributed by atoms with E-state index in [2.05, 4.69) is 25.5 Å². The molecule has 0 aliphatic carbocycles. The molecule has 0 fully saturated rings. The summed E-state index contributed by atoms with van der Waals surface area (Å²) in [5.41, 5.74) is 0.323. The number of tetrazole rings is 1. The Morgan fingerprint density at radius 3 is 2.66 bits per heavy atom. The highest BCUT2D eigenvalue weighted by Gasteiger charge is 2.42. The Labute approximate surface area is 239 Å². The van der Waals surface area contributed by atoms with E-state index < -0.39 is 27.5 Å². The number of carbonyl (C=O) groups excluding carboxylic acids is 1. The Balaban J connectivity index is 1.45. The zero-order chi connectivity index (χ0) is 28.8. The summed E-state index contributed by atoms with van der Waals surface area (Å²) >= 11 is 6.29. The van der Waals surface area contributed by atoms with Crippen molar-refractivity contribution in [3.05, 3.63) is 107 Å². The van der Waals surface area contributed by atoms with Crippen LogP contribution in [0.5, 0.6) is 0 Å². The lowest BCUT2D eigenvalue weighted by atomic mass is 9.89. The Morgan fingerprint density at radius 2 is 1.93 bits per heavy atom. The van der Waals surface area contributed by atoms with Gasteiger partial charge in [0.05, 0.1) is 34.2 Å². The molecule has 3 aromatic carbocycles. The molecule has 1 N–H and O–H groups in total. The number of aromatic amines is 1. The maximum atomic E-state index is 17.0. The Morgan fingerprint density at radius 1 is 1.12 bits per heavy atom. The van der Waals surface area contributed by atoms with Crippen LogP contribution in [0.4, 0.5) is 4.39 Å². The highest BCUT2D eigenvalue weighted by molar-refractivity contribution is 7.90. The van der Waals surface area contributed by atoms with Gasteiger partial charge in [0.25, 0.3) is 0 Å². The van der Waals surface area contributed by atoms with Gasteiger partial charge in [-0.2, -0.15) is 0 Å². The molecular formula is C28H23ClFN7O3S. The molecule has 2 aromatic heterocycles. The van der Waals surface area contributed by atoms with Crippen LogP contribution in [-0.2, 0) is 26.7 Å². The lowest BCUT2D eigenvalue weighted by molar-refractivity contribution is -0.131. The van der Waals surface area contributed by atoms with Crippen molar-refractivity contribution in [1.29, 1.82) is 0 Å². The van der Waals surface area contributed by atoms with E-state index in [1.165, 1.54) is 46.3 Å². The molecule has 13 heteroatoms. The first kappa shape index (κ1) is 26.8. The summed E-state index contributed by atoms with van der Waals surface area (Å²) in [5.74, 6) is -0.00483. The second-order valence-corrected chi connectivity index (χ2v) is 12.3. The average molecular weight is 592 g/mol. The Hall–Kier alpha value is -4.42. The number of amides is 1. The van der Waals surface area contributed by atoms with Gasteiger partial charge in [-0.25, -0.2) is 22.5 Å². The van der Waals surface area contributed by atoms with Crippen molar-refractivity contribution in [2.45, 2.75) is 23.0 Å². The quantitative estimate of drug-likeness (QED) is 0.301. The van der Waals surface area contributed by atoms with Gasteiger partial charge in [0.2, 0.25) is 5.91 Å². The molecule has 5 aromatic rings. The molecule has 3 heterocycles. The molecule has 41 heavy (non-hydrogen) atoms. The number of hydrogen-bond donors (Lipinski definition) is 1. The van der Waals surface area contributed by atoms with Crippen LogP contribution < -0.4 is 0 Å². The standard InChI is InChI=1S/C28H23ClFN7O3S/c1-41(39,40)20-8-9-22-23(15-20)33-27(32-22)25(13-18-5-3-2-4-6-18)36-16-28(30,12-11-26(36)38)21-14-19(29)7-10-24(21)37-17-31-34-35-37/h2-12,14-15,17,25H,13,16H2,1H3,(H,32,33). The van der Waals surface area contributed by atoms with Crippen LogP contribution in [0.15, 0.2) is 90.1 Å². The van der Waals surface area contributed by atoms with E-state index in [9.17, 15) is 13.2 Å². The first-order chi connectivity index (χ1) is 19.6. The molecule has 2 unspecified atom stereocenters. The average Bonchev–Trinajstić information content (AvgIpc) is 3.63. The number of nitrogens with one attached hydrogen (secondary N) is 1. The number of sulfone groups is 1. The minimum atomic E-state index is -3.46. The molecule has 10 nitrogen and oxygen atoms in total. The largest absolute Gasteiger partial charge is 0.340 e. The van der Waals surface area contributed by atoms with Gasteiger partial charge in [0, 0.05) is 29.3 Å². The van der Waals surface area contributed by atoms with Crippen LogP contribution in [0.3, 0.4) is 0 Å². The van der Waals surface area contributed by atoms with Crippen LogP contribution >= 0.6 is 11.6 Å². The third-order valence-corrected chi connectivity index (χ3v) is 8.39. The molecule has 0 saturated carbocycles. The number of aromatic nitrogens is 6. The van der Waals surface area contributed by atoms with Crippen molar-refractivity contribution >= 4 is 38.4 Å². The number of nitrogens with zero attached hydrogens (tertiary/aromatic N) is 6. The number of carbonyl (C=O) groups is 1. The third-order valence-electron chi connectivity index (χ3n) is 7.04. The van der Waals surface area contributed by atoms with E-state index >= 15 is 4.39 Å². The monoisotopic (exact) mass is 591 g/mol. The summed E-state index contributed by atoms with van der Waals surface area (Å²) in [5, 5.41) is 11.5. The van der Waals surface area contributed by atoms with Crippen molar-refractivity contribution < 1.29 is 17.6 Å². The van der Waals surface area contributed by atoms with E-state index in [4.69, 9.17) is 11.6 Å². The molecule has 0 bridgehead atoms. The summed E-state index contributed by atoms with van der Waals surface area (Å²) in [6, 6.07) is 18.1. The number of H-pyrrole nitrogens is 1. The van der Waals surface area contributed by atoms with Crippen molar-refractivity contribution in [3.63, 3.8) is 0 Å². The molecule has 0 spiro atoms. The lowest BCUT2D eigenvalue weighted by Gasteiger charge is -2.38. The first-order valence-electron chi connectivity index (χ1n) is 12.6. The summed E-state index contributed by atoms with van der Waals surface area (Å²) < 4.78 is 42.6. The predicted octanol–water partition coefficient (Wildman–Crippen LogP) is 4.14. The number of alkyl halides is 1. The zero-order valence-corrected chi connectivity index (χ0v) is 23.2. The van der Waals surface area contributed by atoms with Gasteiger partial charge in [-0.15, -0.1) is 5.10 Å². The van der Waals surface area contributed by atoms with Crippen molar-refractivity contribution in [3.8, 4) is 5.69 Å². The SMILES string of the molecule is CS(=O)(=O)c1ccc2[nH]c(C(Cc3ccccc3)N3CC(F)(c4cc(Cl)ccc4-n4cnnn4)C=CC3=O)nc2c1. The number of rotatable bonds is 7. The Bertz CT molecular complexity index is 1890. The van der Waals surface area contributed by atoms with Gasteiger partial charge in [0.15, 0.2) is 15.5 Å². The molecule has 1 amide bonds. The molecule has 1 aliphatic heterocycles. The van der Waals surface area contributed by atoms with E-state index in [1.54, 1.807) is 18.2 Å². The number of halogens is 2. The fourth-order valence-corrected chi connectivity index (χ4v) is 5.83. The van der Waals surface area contributed by atoms with Gasteiger partial charge in [0.1, 0.15) is 12.2 Å². The van der Waals surface area contributed by atoms with Gasteiger partial charge >= 0.3 is 0 Å². The Kier molecular flexibility index (Phi) is 6.66. The van der Waals surface area contributed by atoms with Crippen LogP contribution in [-0.4, -0.2) is 62.2 Å². The van der Waals surface area contributed by atoms with E-state index in [0.29, 0.717) is 34.0 Å². The highest BCUT2D eigenvalue weighted by Crippen LogP contribution is 2.40. The molecular weight excluding hydrogens is 569 g/mol. The number of fused-ring (bicyclic) bond motifs is 1. The van der Waals surface area contributed by atoms with Gasteiger partial charge in [-0.3, -0.25) is 4.79 Å². The van der Waals surface area contributed by atoms with Crippen molar-refractivity contribution in [2.24, 2.45) is 0 Å². The van der Waals surface area contributed by atoms with Gasteiger partial charge < -0.3 is 9.88 Å². The van der Waals surface area contributed by atoms with E-state index in [0.717, 1.165) is 11.8 Å². The summed E-state index contributed by atoms with van der Waals surface area (Å²) in [4.78, 5) is 22.8. The molecule has 208 valence electrons. The number of imidazole rings is 1. The molecule has 0 saturated heterocycles.